The van der Waals surface area contributed by atoms with Crippen LogP contribution in [0.2, 0.25) is 0 Å². The lowest BCUT2D eigenvalue weighted by Gasteiger charge is -2.27. The molecule has 0 radical (unpaired) electrons. The van der Waals surface area contributed by atoms with E-state index in [4.69, 9.17) is 0 Å². The average molecular weight is 614 g/mol. The molecule has 0 spiro atoms. The van der Waals surface area contributed by atoms with Gasteiger partial charge in [-0.2, -0.15) is 0 Å². The molecule has 0 aromatic heterocycles. The van der Waals surface area contributed by atoms with Crippen molar-refractivity contribution in [2.24, 2.45) is 0 Å². The number of anilines is 3. The molecule has 0 heterocycles. The first-order valence-corrected chi connectivity index (χ1v) is 16.8. The van der Waals surface area contributed by atoms with Crippen LogP contribution in [0.25, 0.3) is 54.9 Å². The first-order valence-electron chi connectivity index (χ1n) is 16.8. The SMILES string of the molecule is CC1(C)c2ccc(N(c3ccc(-c4ccc5ccccc5c4)cc3)c3ccc4ccccc4c3)cc2-c2c(-c3ccccc3)cccc21. The molecular formula is C47H35N. The van der Waals surface area contributed by atoms with Gasteiger partial charge in [0.15, 0.2) is 0 Å². The highest BCUT2D eigenvalue weighted by Crippen LogP contribution is 2.53. The summed E-state index contributed by atoms with van der Waals surface area (Å²) >= 11 is 0. The van der Waals surface area contributed by atoms with Crippen LogP contribution in [-0.4, -0.2) is 0 Å². The summed E-state index contributed by atoms with van der Waals surface area (Å²) < 4.78 is 0. The van der Waals surface area contributed by atoms with Crippen LogP contribution in [0.4, 0.5) is 17.1 Å². The summed E-state index contributed by atoms with van der Waals surface area (Å²) in [4.78, 5) is 2.41. The van der Waals surface area contributed by atoms with E-state index in [0.29, 0.717) is 0 Å². The van der Waals surface area contributed by atoms with Crippen molar-refractivity contribution in [3.8, 4) is 33.4 Å². The highest BCUT2D eigenvalue weighted by molar-refractivity contribution is 5.96. The van der Waals surface area contributed by atoms with Crippen molar-refractivity contribution in [3.05, 3.63) is 187 Å². The van der Waals surface area contributed by atoms with Crippen LogP contribution in [0.3, 0.4) is 0 Å². The maximum absolute atomic E-state index is 2.42. The topological polar surface area (TPSA) is 3.24 Å². The van der Waals surface area contributed by atoms with E-state index in [-0.39, 0.29) is 5.41 Å². The summed E-state index contributed by atoms with van der Waals surface area (Å²) in [6.45, 7) is 4.72. The van der Waals surface area contributed by atoms with Gasteiger partial charge >= 0.3 is 0 Å². The molecule has 9 rings (SSSR count). The fourth-order valence-corrected chi connectivity index (χ4v) is 7.72. The summed E-state index contributed by atoms with van der Waals surface area (Å²) in [5.74, 6) is 0. The first-order chi connectivity index (χ1) is 23.5. The maximum Gasteiger partial charge on any atom is 0.0468 e. The van der Waals surface area contributed by atoms with Gasteiger partial charge in [0.1, 0.15) is 0 Å². The number of benzene rings is 8. The van der Waals surface area contributed by atoms with Crippen LogP contribution in [0.15, 0.2) is 176 Å². The van der Waals surface area contributed by atoms with Gasteiger partial charge in [0, 0.05) is 22.5 Å². The van der Waals surface area contributed by atoms with Crippen molar-refractivity contribution in [2.45, 2.75) is 19.3 Å². The van der Waals surface area contributed by atoms with Gasteiger partial charge in [0.05, 0.1) is 0 Å². The van der Waals surface area contributed by atoms with E-state index < -0.39 is 0 Å². The lowest BCUT2D eigenvalue weighted by molar-refractivity contribution is 0.660. The molecule has 0 aliphatic heterocycles. The monoisotopic (exact) mass is 613 g/mol. The zero-order valence-electron chi connectivity index (χ0n) is 27.2. The Labute approximate surface area is 282 Å². The fraction of sp³-hybridized carbons (Fsp3) is 0.0638. The number of hydrogen-bond acceptors (Lipinski definition) is 1. The summed E-state index contributed by atoms with van der Waals surface area (Å²) in [7, 11) is 0. The van der Waals surface area contributed by atoms with Crippen molar-refractivity contribution in [1.29, 1.82) is 0 Å². The Balaban J connectivity index is 1.21. The van der Waals surface area contributed by atoms with Crippen LogP contribution in [-0.2, 0) is 5.41 Å². The second-order valence-electron chi connectivity index (χ2n) is 13.4. The molecule has 228 valence electrons. The minimum Gasteiger partial charge on any atom is -0.310 e. The molecule has 8 aromatic rings. The third-order valence-corrected chi connectivity index (χ3v) is 10.2. The number of nitrogens with zero attached hydrogens (tertiary/aromatic N) is 1. The molecule has 0 atom stereocenters. The summed E-state index contributed by atoms with van der Waals surface area (Å²) in [6, 6.07) is 64.4. The summed E-state index contributed by atoms with van der Waals surface area (Å²) in [5.41, 5.74) is 13.7. The van der Waals surface area contributed by atoms with E-state index in [9.17, 15) is 0 Å². The third kappa shape index (κ3) is 4.62. The van der Waals surface area contributed by atoms with Crippen molar-refractivity contribution in [2.75, 3.05) is 4.90 Å². The molecule has 1 nitrogen and oxygen atoms in total. The fourth-order valence-electron chi connectivity index (χ4n) is 7.72. The Hall–Kier alpha value is -5.92. The molecule has 0 amide bonds. The van der Waals surface area contributed by atoms with Crippen LogP contribution in [0, 0.1) is 0 Å². The van der Waals surface area contributed by atoms with Gasteiger partial charge in [-0.1, -0.05) is 147 Å². The van der Waals surface area contributed by atoms with E-state index >= 15 is 0 Å². The van der Waals surface area contributed by atoms with Gasteiger partial charge in [-0.25, -0.2) is 0 Å². The minimum atomic E-state index is -0.0940. The maximum atomic E-state index is 2.42. The lowest BCUT2D eigenvalue weighted by Crippen LogP contribution is -2.15. The molecular weight excluding hydrogens is 579 g/mol. The molecule has 48 heavy (non-hydrogen) atoms. The highest BCUT2D eigenvalue weighted by atomic mass is 15.1. The van der Waals surface area contributed by atoms with E-state index in [1.807, 2.05) is 0 Å². The zero-order valence-corrected chi connectivity index (χ0v) is 27.2. The Morgan fingerprint density at radius 3 is 1.69 bits per heavy atom. The molecule has 0 unspecified atom stereocenters. The Bertz CT molecular complexity index is 2470. The molecule has 0 fully saturated rings. The van der Waals surface area contributed by atoms with Crippen LogP contribution in [0.5, 0.6) is 0 Å². The van der Waals surface area contributed by atoms with E-state index in [0.717, 1.165) is 17.1 Å². The number of fused-ring (bicyclic) bond motifs is 5. The van der Waals surface area contributed by atoms with Gasteiger partial charge in [0.25, 0.3) is 0 Å². The smallest absolute Gasteiger partial charge is 0.0468 e. The van der Waals surface area contributed by atoms with Crippen molar-refractivity contribution in [1.82, 2.24) is 0 Å². The average Bonchev–Trinajstić information content (AvgIpc) is 3.38. The molecule has 8 aromatic carbocycles. The minimum absolute atomic E-state index is 0.0940. The second kappa shape index (κ2) is 11.1. The van der Waals surface area contributed by atoms with Gasteiger partial charge in [0.2, 0.25) is 0 Å². The summed E-state index contributed by atoms with van der Waals surface area (Å²) in [5, 5.41) is 4.99. The van der Waals surface area contributed by atoms with Crippen LogP contribution < -0.4 is 4.90 Å². The molecule has 0 bridgehead atoms. The highest BCUT2D eigenvalue weighted by Gasteiger charge is 2.37. The predicted octanol–water partition coefficient (Wildman–Crippen LogP) is 13.1. The normalized spacial score (nSPS) is 13.0. The molecule has 0 N–H and O–H groups in total. The lowest BCUT2D eigenvalue weighted by atomic mass is 9.82. The van der Waals surface area contributed by atoms with Gasteiger partial charge < -0.3 is 4.90 Å². The molecule has 0 saturated heterocycles. The van der Waals surface area contributed by atoms with Crippen molar-refractivity contribution < 1.29 is 0 Å². The van der Waals surface area contributed by atoms with Crippen LogP contribution >= 0.6 is 0 Å². The molecule has 1 heteroatoms. The third-order valence-electron chi connectivity index (χ3n) is 10.2. The van der Waals surface area contributed by atoms with Crippen LogP contribution in [0.1, 0.15) is 25.0 Å². The van der Waals surface area contributed by atoms with Crippen molar-refractivity contribution in [3.63, 3.8) is 0 Å². The number of hydrogen-bond donors (Lipinski definition) is 0. The first kappa shape index (κ1) is 28.3. The van der Waals surface area contributed by atoms with E-state index in [1.54, 1.807) is 0 Å². The molecule has 1 aliphatic carbocycles. The van der Waals surface area contributed by atoms with E-state index in [1.165, 1.54) is 66.1 Å². The quantitative estimate of drug-likeness (QED) is 0.187. The van der Waals surface area contributed by atoms with E-state index in [2.05, 4.69) is 195 Å². The Morgan fingerprint density at radius 1 is 0.354 bits per heavy atom. The second-order valence-corrected chi connectivity index (χ2v) is 13.4. The van der Waals surface area contributed by atoms with Gasteiger partial charge in [-0.3, -0.25) is 0 Å². The predicted molar refractivity (Wildman–Crippen MR) is 205 cm³/mol. The Kier molecular flexibility index (Phi) is 6.55. The standard InChI is InChI=1S/C47H35N/c1-47(2)44-28-27-41(31-43(44)46-42(17-10-18-45(46)47)35-13-4-3-5-14-35)48(40-26-23-33-12-7-9-16-37(33)30-40)39-24-21-34(22-25-39)38-20-19-32-11-6-8-15-36(32)29-38/h3-31H,1-2H3. The zero-order chi connectivity index (χ0) is 32.2. The van der Waals surface area contributed by atoms with Crippen molar-refractivity contribution >= 4 is 38.6 Å². The number of rotatable bonds is 5. The Morgan fingerprint density at radius 2 is 0.938 bits per heavy atom. The van der Waals surface area contributed by atoms with Gasteiger partial charge in [-0.05, 0) is 109 Å². The summed E-state index contributed by atoms with van der Waals surface area (Å²) in [6.07, 6.45) is 0. The largest absolute Gasteiger partial charge is 0.310 e. The van der Waals surface area contributed by atoms with Gasteiger partial charge in [-0.15, -0.1) is 0 Å². The molecule has 1 aliphatic rings. The molecule has 0 saturated carbocycles.